The summed E-state index contributed by atoms with van der Waals surface area (Å²) in [5, 5.41) is 9.60. The van der Waals surface area contributed by atoms with Gasteiger partial charge in [-0.15, -0.1) is 0 Å². The van der Waals surface area contributed by atoms with Crippen molar-refractivity contribution in [1.29, 1.82) is 5.26 Å². The van der Waals surface area contributed by atoms with Gasteiger partial charge in [0.1, 0.15) is 0 Å². The first-order valence-corrected chi connectivity index (χ1v) is 10.3. The van der Waals surface area contributed by atoms with E-state index in [9.17, 15) is 5.26 Å². The van der Waals surface area contributed by atoms with Gasteiger partial charge in [0.25, 0.3) is 0 Å². The second-order valence-corrected chi connectivity index (χ2v) is 8.88. The number of nitrogen functional groups attached to an aromatic ring is 2. The average Bonchev–Trinajstić information content (AvgIpc) is 2.91. The maximum atomic E-state index is 9.60. The lowest BCUT2D eigenvalue weighted by atomic mass is 9.68. The predicted octanol–water partition coefficient (Wildman–Crippen LogP) is 5.97. The zero-order valence-electron chi connectivity index (χ0n) is 18.8. The van der Waals surface area contributed by atoms with Crippen molar-refractivity contribution in [3.05, 3.63) is 93.6 Å². The van der Waals surface area contributed by atoms with Crippen LogP contribution < -0.4 is 11.5 Å². The van der Waals surface area contributed by atoms with Gasteiger partial charge in [-0.25, -0.2) is 0 Å². The number of allylic oxidation sites excluding steroid dienone is 6. The summed E-state index contributed by atoms with van der Waals surface area (Å²) in [5.41, 5.74) is 20.8. The summed E-state index contributed by atoms with van der Waals surface area (Å²) in [7, 11) is 0. The third-order valence-corrected chi connectivity index (χ3v) is 6.49. The molecule has 1 atom stereocenters. The van der Waals surface area contributed by atoms with Gasteiger partial charge in [0, 0.05) is 16.8 Å². The Hall–Kier alpha value is -3.25. The summed E-state index contributed by atoms with van der Waals surface area (Å²) in [6.07, 6.45) is 10.1. The van der Waals surface area contributed by atoms with Crippen molar-refractivity contribution < 1.29 is 0 Å². The molecule has 0 aliphatic heterocycles. The van der Waals surface area contributed by atoms with Crippen molar-refractivity contribution in [1.82, 2.24) is 0 Å². The third-order valence-electron chi connectivity index (χ3n) is 6.49. The highest BCUT2D eigenvalue weighted by Gasteiger charge is 2.34. The van der Waals surface area contributed by atoms with Crippen LogP contribution in [0.1, 0.15) is 47.2 Å². The first-order chi connectivity index (χ1) is 14.0. The molecule has 1 unspecified atom stereocenters. The van der Waals surface area contributed by atoms with Crippen LogP contribution in [0.25, 0.3) is 0 Å². The highest BCUT2D eigenvalue weighted by molar-refractivity contribution is 5.64. The summed E-state index contributed by atoms with van der Waals surface area (Å²) < 4.78 is 0. The van der Waals surface area contributed by atoms with Gasteiger partial charge >= 0.3 is 0 Å². The van der Waals surface area contributed by atoms with Gasteiger partial charge in [-0.05, 0) is 80.5 Å². The molecule has 3 nitrogen and oxygen atoms in total. The number of nitrogens with zero attached hydrogens (tertiary/aromatic N) is 1. The molecular weight excluding hydrogens is 366 g/mol. The Morgan fingerprint density at radius 1 is 0.833 bits per heavy atom. The Bertz CT molecular complexity index is 1040. The van der Waals surface area contributed by atoms with Gasteiger partial charge < -0.3 is 11.5 Å². The van der Waals surface area contributed by atoms with Crippen LogP contribution in [0.3, 0.4) is 0 Å². The number of rotatable bonds is 3. The number of nitrogens with two attached hydrogens (primary N) is 2. The Balaban J connectivity index is 2.34. The van der Waals surface area contributed by atoms with Crippen molar-refractivity contribution in [2.24, 2.45) is 5.41 Å². The second kappa shape index (κ2) is 7.54. The van der Waals surface area contributed by atoms with Crippen molar-refractivity contribution in [2.45, 2.75) is 47.0 Å². The number of hydrogen-bond donors (Lipinski definition) is 2. The fourth-order valence-corrected chi connectivity index (χ4v) is 4.16. The molecule has 0 bridgehead atoms. The average molecular weight is 398 g/mol. The summed E-state index contributed by atoms with van der Waals surface area (Å²) in [5.74, 6) is 0. The highest BCUT2D eigenvalue weighted by Crippen LogP contribution is 2.44. The number of benzene rings is 2. The molecule has 0 aromatic heterocycles. The summed E-state index contributed by atoms with van der Waals surface area (Å²) >= 11 is 0. The van der Waals surface area contributed by atoms with Gasteiger partial charge in [0.15, 0.2) is 0 Å². The minimum atomic E-state index is -0.626. The molecule has 0 saturated heterocycles. The quantitative estimate of drug-likeness (QED) is 0.626. The molecule has 3 heteroatoms. The fourth-order valence-electron chi connectivity index (χ4n) is 4.16. The first-order valence-electron chi connectivity index (χ1n) is 10.3. The van der Waals surface area contributed by atoms with Crippen molar-refractivity contribution >= 4 is 11.4 Å². The van der Waals surface area contributed by atoms with Gasteiger partial charge in [0.2, 0.25) is 0 Å². The molecule has 4 N–H and O–H groups in total. The molecule has 2 aromatic rings. The standard InChI is InChI=1S/C27H31N3/c1-17-12-22(13-18(2)24(17)29)27(6,23-14-19(3)25(30)20(4)15-23)21-8-7-10-26(5,16-28)11-9-21/h7-15H,29-30H2,1-6H3. The van der Waals surface area contributed by atoms with E-state index in [0.29, 0.717) is 0 Å². The predicted molar refractivity (Wildman–Crippen MR) is 127 cm³/mol. The number of hydrogen-bond acceptors (Lipinski definition) is 3. The van der Waals surface area contributed by atoms with Gasteiger partial charge in [-0.1, -0.05) is 54.6 Å². The zero-order valence-corrected chi connectivity index (χ0v) is 18.8. The van der Waals surface area contributed by atoms with E-state index >= 15 is 0 Å². The monoisotopic (exact) mass is 397 g/mol. The van der Waals surface area contributed by atoms with Gasteiger partial charge in [0.05, 0.1) is 11.5 Å². The number of anilines is 2. The topological polar surface area (TPSA) is 75.8 Å². The largest absolute Gasteiger partial charge is 0.398 e. The van der Waals surface area contributed by atoms with E-state index in [2.05, 4.69) is 77.1 Å². The zero-order chi connectivity index (χ0) is 22.3. The van der Waals surface area contributed by atoms with Crippen molar-refractivity contribution in [3.63, 3.8) is 0 Å². The van der Waals surface area contributed by atoms with E-state index in [0.717, 1.165) is 39.2 Å². The minimum Gasteiger partial charge on any atom is -0.398 e. The van der Waals surface area contributed by atoms with Crippen molar-refractivity contribution in [3.8, 4) is 6.07 Å². The van der Waals surface area contributed by atoms with Crippen LogP contribution >= 0.6 is 0 Å². The molecular formula is C27H31N3. The normalized spacial score (nSPS) is 18.6. The molecule has 1 aliphatic carbocycles. The van der Waals surface area contributed by atoms with Crippen LogP contribution in [-0.4, -0.2) is 0 Å². The first kappa shape index (κ1) is 21.5. The van der Waals surface area contributed by atoms with Gasteiger partial charge in [-0.3, -0.25) is 0 Å². The molecule has 0 heterocycles. The molecule has 3 rings (SSSR count). The van der Waals surface area contributed by atoms with Crippen LogP contribution in [0.5, 0.6) is 0 Å². The molecule has 0 saturated carbocycles. The maximum absolute atomic E-state index is 9.60. The third kappa shape index (κ3) is 3.55. The van der Waals surface area contributed by atoms with Gasteiger partial charge in [-0.2, -0.15) is 5.26 Å². The smallest absolute Gasteiger partial charge is 0.0911 e. The Morgan fingerprint density at radius 2 is 1.27 bits per heavy atom. The summed E-state index contributed by atoms with van der Waals surface area (Å²) in [6, 6.07) is 11.1. The second-order valence-electron chi connectivity index (χ2n) is 8.88. The molecule has 0 spiro atoms. The van der Waals surface area contributed by atoms with E-state index in [4.69, 9.17) is 11.5 Å². The van der Waals surface area contributed by atoms with Crippen LogP contribution in [0, 0.1) is 44.4 Å². The molecule has 1 aliphatic rings. The van der Waals surface area contributed by atoms with E-state index in [1.807, 2.05) is 25.2 Å². The van der Waals surface area contributed by atoms with E-state index in [1.165, 1.54) is 11.1 Å². The van der Waals surface area contributed by atoms with Crippen LogP contribution in [-0.2, 0) is 5.41 Å². The van der Waals surface area contributed by atoms with E-state index in [-0.39, 0.29) is 0 Å². The molecule has 30 heavy (non-hydrogen) atoms. The van der Waals surface area contributed by atoms with Crippen LogP contribution in [0.15, 0.2) is 60.2 Å². The Labute approximate surface area is 180 Å². The molecule has 0 fully saturated rings. The van der Waals surface area contributed by atoms with E-state index < -0.39 is 10.8 Å². The lowest BCUT2D eigenvalue weighted by molar-refractivity contribution is 0.684. The molecule has 2 aromatic carbocycles. The maximum Gasteiger partial charge on any atom is 0.0911 e. The molecule has 0 amide bonds. The lowest BCUT2D eigenvalue weighted by Crippen LogP contribution is -2.27. The fraction of sp³-hybridized carbons (Fsp3) is 0.296. The number of aryl methyl sites for hydroxylation is 4. The summed E-state index contributed by atoms with van der Waals surface area (Å²) in [4.78, 5) is 0. The molecule has 0 radical (unpaired) electrons. The van der Waals surface area contributed by atoms with Crippen molar-refractivity contribution in [2.75, 3.05) is 11.5 Å². The SMILES string of the molecule is Cc1cc(C(C)(C2=CC=CC(C)(C#N)C=C2)c2cc(C)c(N)c(C)c2)cc(C)c1N. The lowest BCUT2D eigenvalue weighted by Gasteiger charge is -2.34. The minimum absolute atomic E-state index is 0.437. The molecule has 154 valence electrons. The Kier molecular flexibility index (Phi) is 5.39. The highest BCUT2D eigenvalue weighted by atomic mass is 14.6. The number of nitriles is 1. The summed E-state index contributed by atoms with van der Waals surface area (Å²) in [6.45, 7) is 12.4. The Morgan fingerprint density at radius 3 is 1.67 bits per heavy atom. The van der Waals surface area contributed by atoms with E-state index in [1.54, 1.807) is 0 Å². The van der Waals surface area contributed by atoms with Crippen LogP contribution in [0.2, 0.25) is 0 Å². The van der Waals surface area contributed by atoms with Crippen LogP contribution in [0.4, 0.5) is 11.4 Å².